The summed E-state index contributed by atoms with van der Waals surface area (Å²) in [6, 6.07) is 0. The van der Waals surface area contributed by atoms with Crippen LogP contribution in [0, 0.1) is 0 Å². The molecule has 1 unspecified atom stereocenters. The Bertz CT molecular complexity index is 257. The van der Waals surface area contributed by atoms with Crippen molar-refractivity contribution in [3.63, 3.8) is 0 Å². The molecule has 1 fully saturated rings. The number of carbonyl (C=O) groups is 1. The van der Waals surface area contributed by atoms with E-state index in [2.05, 4.69) is 13.2 Å². The number of likely N-dealkylation sites (tertiary alicyclic amines) is 1. The van der Waals surface area contributed by atoms with Gasteiger partial charge in [-0.1, -0.05) is 12.2 Å². The third-order valence-electron chi connectivity index (χ3n) is 2.99. The molecule has 1 saturated heterocycles. The smallest absolute Gasteiger partial charge is 0.222 e. The molecule has 0 aliphatic carbocycles. The second-order valence-corrected chi connectivity index (χ2v) is 4.36. The molecule has 0 radical (unpaired) electrons. The molecule has 0 aromatic heterocycles. The first kappa shape index (κ1) is 14.0. The molecule has 0 saturated carbocycles. The van der Waals surface area contributed by atoms with Crippen LogP contribution < -0.4 is 0 Å². The lowest BCUT2D eigenvalue weighted by Gasteiger charge is -2.16. The van der Waals surface area contributed by atoms with Crippen LogP contribution in [0.3, 0.4) is 0 Å². The van der Waals surface area contributed by atoms with Crippen molar-refractivity contribution in [2.75, 3.05) is 19.7 Å². The summed E-state index contributed by atoms with van der Waals surface area (Å²) >= 11 is 0. The van der Waals surface area contributed by atoms with E-state index in [0.29, 0.717) is 13.0 Å². The maximum Gasteiger partial charge on any atom is 0.222 e. The summed E-state index contributed by atoms with van der Waals surface area (Å²) in [5.74, 6) is 0.268. The molecular weight excluding hydrogens is 214 g/mol. The lowest BCUT2D eigenvalue weighted by molar-refractivity contribution is -0.130. The molecule has 0 aromatic carbocycles. The second kappa shape index (κ2) is 8.07. The van der Waals surface area contributed by atoms with Gasteiger partial charge in [-0.3, -0.25) is 4.79 Å². The van der Waals surface area contributed by atoms with Crippen LogP contribution in [0.15, 0.2) is 25.3 Å². The van der Waals surface area contributed by atoms with E-state index in [1.165, 1.54) is 0 Å². The fraction of sp³-hybridized carbons (Fsp3) is 0.643. The molecule has 96 valence electrons. The standard InChI is InChI=1S/C14H23NO2/c1-3-8-13(4-2)17-12-7-9-14(16)15-10-5-6-11-15/h3-4,13H,1-2,5-12H2. The van der Waals surface area contributed by atoms with Crippen molar-refractivity contribution in [1.82, 2.24) is 4.90 Å². The van der Waals surface area contributed by atoms with Crippen molar-refractivity contribution in [2.24, 2.45) is 0 Å². The quantitative estimate of drug-likeness (QED) is 0.479. The Morgan fingerprint density at radius 3 is 2.65 bits per heavy atom. The first-order valence-corrected chi connectivity index (χ1v) is 6.40. The highest BCUT2D eigenvalue weighted by molar-refractivity contribution is 5.76. The van der Waals surface area contributed by atoms with E-state index >= 15 is 0 Å². The summed E-state index contributed by atoms with van der Waals surface area (Å²) in [5.41, 5.74) is 0. The summed E-state index contributed by atoms with van der Waals surface area (Å²) in [7, 11) is 0. The van der Waals surface area contributed by atoms with Crippen LogP contribution in [0.4, 0.5) is 0 Å². The molecule has 1 aliphatic rings. The average Bonchev–Trinajstić information content (AvgIpc) is 2.86. The number of amides is 1. The monoisotopic (exact) mass is 237 g/mol. The van der Waals surface area contributed by atoms with Crippen molar-refractivity contribution in [1.29, 1.82) is 0 Å². The Balaban J connectivity index is 2.08. The van der Waals surface area contributed by atoms with Gasteiger partial charge in [-0.2, -0.15) is 0 Å². The van der Waals surface area contributed by atoms with Crippen LogP contribution in [0.25, 0.3) is 0 Å². The molecule has 1 heterocycles. The largest absolute Gasteiger partial charge is 0.374 e. The molecule has 1 aliphatic heterocycles. The lowest BCUT2D eigenvalue weighted by Crippen LogP contribution is -2.27. The number of hydrogen-bond acceptors (Lipinski definition) is 2. The van der Waals surface area contributed by atoms with Gasteiger partial charge in [0.2, 0.25) is 5.91 Å². The van der Waals surface area contributed by atoms with Gasteiger partial charge in [-0.15, -0.1) is 13.2 Å². The second-order valence-electron chi connectivity index (χ2n) is 4.36. The average molecular weight is 237 g/mol. The minimum absolute atomic E-state index is 0.0365. The van der Waals surface area contributed by atoms with Gasteiger partial charge < -0.3 is 9.64 Å². The molecule has 0 aromatic rings. The highest BCUT2D eigenvalue weighted by Crippen LogP contribution is 2.10. The third kappa shape index (κ3) is 5.18. The number of nitrogens with zero attached hydrogens (tertiary/aromatic N) is 1. The number of hydrogen-bond donors (Lipinski definition) is 0. The number of ether oxygens (including phenoxy) is 1. The SMILES string of the molecule is C=CCC(C=C)OCCCC(=O)N1CCCC1. The molecule has 1 atom stereocenters. The summed E-state index contributed by atoms with van der Waals surface area (Å²) in [4.78, 5) is 13.7. The van der Waals surface area contributed by atoms with Crippen LogP contribution in [0.2, 0.25) is 0 Å². The topological polar surface area (TPSA) is 29.5 Å². The molecular formula is C14H23NO2. The minimum atomic E-state index is 0.0365. The number of carbonyl (C=O) groups excluding carboxylic acids is 1. The van der Waals surface area contributed by atoms with Gasteiger partial charge in [-0.05, 0) is 25.7 Å². The first-order chi connectivity index (χ1) is 8.27. The summed E-state index contributed by atoms with van der Waals surface area (Å²) in [6.45, 7) is 9.86. The molecule has 0 spiro atoms. The van der Waals surface area contributed by atoms with Crippen LogP contribution in [0.1, 0.15) is 32.1 Å². The highest BCUT2D eigenvalue weighted by atomic mass is 16.5. The predicted octanol–water partition coefficient (Wildman–Crippen LogP) is 2.54. The van der Waals surface area contributed by atoms with Crippen molar-refractivity contribution in [2.45, 2.75) is 38.2 Å². The zero-order chi connectivity index (χ0) is 12.5. The van der Waals surface area contributed by atoms with E-state index in [0.717, 1.165) is 38.8 Å². The van der Waals surface area contributed by atoms with E-state index in [1.54, 1.807) is 6.08 Å². The molecule has 17 heavy (non-hydrogen) atoms. The van der Waals surface area contributed by atoms with Gasteiger partial charge in [0.15, 0.2) is 0 Å². The molecule has 1 amide bonds. The van der Waals surface area contributed by atoms with Gasteiger partial charge in [0.25, 0.3) is 0 Å². The first-order valence-electron chi connectivity index (χ1n) is 6.40. The summed E-state index contributed by atoms with van der Waals surface area (Å²) < 4.78 is 5.58. The minimum Gasteiger partial charge on any atom is -0.374 e. The zero-order valence-corrected chi connectivity index (χ0v) is 10.6. The van der Waals surface area contributed by atoms with Gasteiger partial charge in [0.05, 0.1) is 6.10 Å². The van der Waals surface area contributed by atoms with Crippen molar-refractivity contribution in [3.8, 4) is 0 Å². The van der Waals surface area contributed by atoms with E-state index in [9.17, 15) is 4.79 Å². The fourth-order valence-corrected chi connectivity index (χ4v) is 1.98. The maximum absolute atomic E-state index is 11.7. The Morgan fingerprint density at radius 1 is 1.35 bits per heavy atom. The Labute approximate surface area is 104 Å². The normalized spacial score (nSPS) is 16.8. The Hall–Kier alpha value is -1.09. The van der Waals surface area contributed by atoms with Gasteiger partial charge >= 0.3 is 0 Å². The van der Waals surface area contributed by atoms with Crippen LogP contribution >= 0.6 is 0 Å². The molecule has 0 N–H and O–H groups in total. The third-order valence-corrected chi connectivity index (χ3v) is 2.99. The van der Waals surface area contributed by atoms with Crippen molar-refractivity contribution >= 4 is 5.91 Å². The van der Waals surface area contributed by atoms with E-state index in [-0.39, 0.29) is 12.0 Å². The molecule has 0 bridgehead atoms. The summed E-state index contributed by atoms with van der Waals surface area (Å²) in [6.07, 6.45) is 8.11. The fourth-order valence-electron chi connectivity index (χ4n) is 1.98. The van der Waals surface area contributed by atoms with Crippen LogP contribution in [-0.4, -0.2) is 36.6 Å². The lowest BCUT2D eigenvalue weighted by atomic mass is 10.2. The van der Waals surface area contributed by atoms with Gasteiger partial charge in [-0.25, -0.2) is 0 Å². The van der Waals surface area contributed by atoms with E-state index in [4.69, 9.17) is 4.74 Å². The zero-order valence-electron chi connectivity index (χ0n) is 10.6. The molecule has 1 rings (SSSR count). The van der Waals surface area contributed by atoms with Crippen LogP contribution in [-0.2, 0) is 9.53 Å². The van der Waals surface area contributed by atoms with Crippen molar-refractivity contribution in [3.05, 3.63) is 25.3 Å². The Kier molecular flexibility index (Phi) is 6.63. The van der Waals surface area contributed by atoms with Crippen LogP contribution in [0.5, 0.6) is 0 Å². The van der Waals surface area contributed by atoms with Gasteiger partial charge in [0.1, 0.15) is 0 Å². The van der Waals surface area contributed by atoms with Crippen molar-refractivity contribution < 1.29 is 9.53 Å². The van der Waals surface area contributed by atoms with Gasteiger partial charge in [0, 0.05) is 26.1 Å². The highest BCUT2D eigenvalue weighted by Gasteiger charge is 2.17. The van der Waals surface area contributed by atoms with E-state index in [1.807, 2.05) is 11.0 Å². The Morgan fingerprint density at radius 2 is 2.06 bits per heavy atom. The van der Waals surface area contributed by atoms with E-state index < -0.39 is 0 Å². The summed E-state index contributed by atoms with van der Waals surface area (Å²) in [5, 5.41) is 0. The number of rotatable bonds is 8. The molecule has 3 heteroatoms. The maximum atomic E-state index is 11.7. The predicted molar refractivity (Wildman–Crippen MR) is 69.8 cm³/mol. The molecule has 3 nitrogen and oxygen atoms in total.